The van der Waals surface area contributed by atoms with Crippen LogP contribution in [0.25, 0.3) is 0 Å². The molecular weight excluding hydrogens is 305 g/mol. The van der Waals surface area contributed by atoms with Crippen LogP contribution in [0.5, 0.6) is 0 Å². The van der Waals surface area contributed by atoms with Gasteiger partial charge < -0.3 is 4.90 Å². The van der Waals surface area contributed by atoms with Gasteiger partial charge in [0.25, 0.3) is 0 Å². The Labute approximate surface area is 134 Å². The Morgan fingerprint density at radius 1 is 1.24 bits per heavy atom. The van der Waals surface area contributed by atoms with E-state index in [2.05, 4.69) is 16.0 Å². The highest BCUT2D eigenvalue weighted by molar-refractivity contribution is 6.30. The maximum Gasteiger partial charge on any atom is 0.137 e. The smallest absolute Gasteiger partial charge is 0.137 e. The predicted octanol–water partition coefficient (Wildman–Crippen LogP) is 4.61. The Morgan fingerprint density at radius 2 is 2.00 bits per heavy atom. The van der Waals surface area contributed by atoms with Crippen LogP contribution >= 0.6 is 23.2 Å². The number of hydrogen-bond donors (Lipinski definition) is 0. The Hall–Kier alpha value is -1.32. The minimum atomic E-state index is 0.487. The van der Waals surface area contributed by atoms with Crippen molar-refractivity contribution in [2.24, 2.45) is 0 Å². The first-order valence-electron chi connectivity index (χ1n) is 7.04. The predicted molar refractivity (Wildman–Crippen MR) is 87.3 cm³/mol. The van der Waals surface area contributed by atoms with Crippen LogP contribution < -0.4 is 4.90 Å². The van der Waals surface area contributed by atoms with Gasteiger partial charge in [-0.15, -0.1) is 0 Å². The summed E-state index contributed by atoms with van der Waals surface area (Å²) in [7, 11) is 2.02. The quantitative estimate of drug-likeness (QED) is 0.770. The molecule has 0 N–H and O–H groups in total. The third-order valence-electron chi connectivity index (χ3n) is 3.69. The molecule has 0 aliphatic heterocycles. The molecule has 1 aromatic heterocycles. The summed E-state index contributed by atoms with van der Waals surface area (Å²) in [6.07, 6.45) is 2.33. The molecule has 3 nitrogen and oxygen atoms in total. The minimum Gasteiger partial charge on any atom is -0.355 e. The van der Waals surface area contributed by atoms with Gasteiger partial charge in [0.15, 0.2) is 0 Å². The zero-order valence-corrected chi connectivity index (χ0v) is 13.6. The van der Waals surface area contributed by atoms with Gasteiger partial charge in [-0.05, 0) is 37.5 Å². The molecule has 0 spiro atoms. The first-order chi connectivity index (χ1) is 10.0. The first kappa shape index (κ1) is 14.6. The Kier molecular flexibility index (Phi) is 4.05. The molecule has 0 saturated heterocycles. The summed E-state index contributed by atoms with van der Waals surface area (Å²) >= 11 is 12.3. The van der Waals surface area contributed by atoms with Crippen molar-refractivity contribution >= 4 is 29.0 Å². The molecular formula is C16H17Cl2N3. The fraction of sp³-hybridized carbons (Fsp3) is 0.375. The fourth-order valence-electron chi connectivity index (χ4n) is 2.37. The van der Waals surface area contributed by atoms with E-state index < -0.39 is 0 Å². The molecule has 1 aliphatic carbocycles. The monoisotopic (exact) mass is 321 g/mol. The third-order valence-corrected chi connectivity index (χ3v) is 4.29. The molecule has 110 valence electrons. The molecule has 0 unspecified atom stereocenters. The van der Waals surface area contributed by atoms with Crippen molar-refractivity contribution in [2.75, 3.05) is 11.9 Å². The van der Waals surface area contributed by atoms with Crippen LogP contribution in [0.15, 0.2) is 24.3 Å². The van der Waals surface area contributed by atoms with Crippen molar-refractivity contribution in [3.63, 3.8) is 0 Å². The summed E-state index contributed by atoms with van der Waals surface area (Å²) in [5.41, 5.74) is 2.07. The summed E-state index contributed by atoms with van der Waals surface area (Å²) in [6, 6.07) is 7.87. The molecule has 21 heavy (non-hydrogen) atoms. The molecule has 0 amide bonds. The molecule has 1 aromatic carbocycles. The van der Waals surface area contributed by atoms with Gasteiger partial charge in [0, 0.05) is 30.1 Å². The molecule has 5 heteroatoms. The first-order valence-corrected chi connectivity index (χ1v) is 7.80. The molecule has 0 radical (unpaired) electrons. The lowest BCUT2D eigenvalue weighted by molar-refractivity contribution is 0.844. The average molecular weight is 322 g/mol. The molecule has 3 rings (SSSR count). The van der Waals surface area contributed by atoms with E-state index in [0.717, 1.165) is 47.2 Å². The lowest BCUT2D eigenvalue weighted by Gasteiger charge is -2.21. The van der Waals surface area contributed by atoms with Crippen molar-refractivity contribution in [1.29, 1.82) is 0 Å². The third kappa shape index (κ3) is 3.30. The van der Waals surface area contributed by atoms with Gasteiger partial charge in [0.1, 0.15) is 16.8 Å². The Balaban J connectivity index is 1.88. The molecule has 0 atom stereocenters. The maximum absolute atomic E-state index is 6.26. The molecule has 1 heterocycles. The number of aromatic nitrogens is 2. The van der Waals surface area contributed by atoms with Gasteiger partial charge in [-0.2, -0.15) is 0 Å². The largest absolute Gasteiger partial charge is 0.355 e. The normalized spacial score (nSPS) is 14.3. The van der Waals surface area contributed by atoms with Gasteiger partial charge in [-0.1, -0.05) is 35.3 Å². The SMILES string of the molecule is Cc1c(Cl)nc(C2CC2)nc1N(C)Cc1cccc(Cl)c1. The van der Waals surface area contributed by atoms with Crippen LogP contribution in [0.1, 0.15) is 35.7 Å². The average Bonchev–Trinajstić information content (AvgIpc) is 3.26. The zero-order chi connectivity index (χ0) is 15.0. The second kappa shape index (κ2) is 5.82. The molecule has 0 bridgehead atoms. The van der Waals surface area contributed by atoms with Gasteiger partial charge in [-0.3, -0.25) is 0 Å². The second-order valence-corrected chi connectivity index (χ2v) is 6.38. The van der Waals surface area contributed by atoms with Gasteiger partial charge in [-0.25, -0.2) is 9.97 Å². The van der Waals surface area contributed by atoms with E-state index in [-0.39, 0.29) is 0 Å². The van der Waals surface area contributed by atoms with Crippen LogP contribution in [0, 0.1) is 6.92 Å². The van der Waals surface area contributed by atoms with Crippen LogP contribution in [0.3, 0.4) is 0 Å². The summed E-state index contributed by atoms with van der Waals surface area (Å²) in [5.74, 6) is 2.26. The number of halogens is 2. The summed E-state index contributed by atoms with van der Waals surface area (Å²) < 4.78 is 0. The number of nitrogens with zero attached hydrogens (tertiary/aromatic N) is 3. The summed E-state index contributed by atoms with van der Waals surface area (Å²) in [5, 5.41) is 1.30. The standard InChI is InChI=1S/C16H17Cl2N3/c1-10-14(18)19-15(12-6-7-12)20-16(10)21(2)9-11-4-3-5-13(17)8-11/h3-5,8,12H,6-7,9H2,1-2H3. The van der Waals surface area contributed by atoms with Crippen molar-refractivity contribution in [2.45, 2.75) is 32.2 Å². The van der Waals surface area contributed by atoms with E-state index in [1.165, 1.54) is 0 Å². The van der Waals surface area contributed by atoms with Gasteiger partial charge in [0.05, 0.1) is 0 Å². The van der Waals surface area contributed by atoms with E-state index in [4.69, 9.17) is 28.2 Å². The maximum atomic E-state index is 6.26. The second-order valence-electron chi connectivity index (χ2n) is 5.58. The summed E-state index contributed by atoms with van der Waals surface area (Å²) in [6.45, 7) is 2.70. The van der Waals surface area contributed by atoms with Crippen LogP contribution in [-0.2, 0) is 6.54 Å². The number of anilines is 1. The molecule has 1 fully saturated rings. The molecule has 1 saturated carbocycles. The van der Waals surface area contributed by atoms with E-state index in [9.17, 15) is 0 Å². The van der Waals surface area contributed by atoms with Gasteiger partial charge in [0.2, 0.25) is 0 Å². The highest BCUT2D eigenvalue weighted by Gasteiger charge is 2.28. The molecule has 1 aliphatic rings. The topological polar surface area (TPSA) is 29.0 Å². The lowest BCUT2D eigenvalue weighted by Crippen LogP contribution is -2.20. The Morgan fingerprint density at radius 3 is 2.67 bits per heavy atom. The van der Waals surface area contributed by atoms with Crippen molar-refractivity contribution in [1.82, 2.24) is 9.97 Å². The van der Waals surface area contributed by atoms with E-state index in [1.807, 2.05) is 32.2 Å². The van der Waals surface area contributed by atoms with Gasteiger partial charge >= 0.3 is 0 Å². The fourth-order valence-corrected chi connectivity index (χ4v) is 2.76. The van der Waals surface area contributed by atoms with Crippen LogP contribution in [-0.4, -0.2) is 17.0 Å². The van der Waals surface area contributed by atoms with E-state index >= 15 is 0 Å². The van der Waals surface area contributed by atoms with Crippen molar-refractivity contribution in [3.05, 3.63) is 51.4 Å². The zero-order valence-electron chi connectivity index (χ0n) is 12.1. The van der Waals surface area contributed by atoms with E-state index in [1.54, 1.807) is 0 Å². The summed E-state index contributed by atoms with van der Waals surface area (Å²) in [4.78, 5) is 11.2. The van der Waals surface area contributed by atoms with Crippen molar-refractivity contribution in [3.8, 4) is 0 Å². The van der Waals surface area contributed by atoms with Crippen LogP contribution in [0.4, 0.5) is 5.82 Å². The number of hydrogen-bond acceptors (Lipinski definition) is 3. The van der Waals surface area contributed by atoms with Crippen LogP contribution in [0.2, 0.25) is 10.2 Å². The number of benzene rings is 1. The Bertz CT molecular complexity index is 669. The molecule has 2 aromatic rings. The van der Waals surface area contributed by atoms with E-state index in [0.29, 0.717) is 11.1 Å². The highest BCUT2D eigenvalue weighted by Crippen LogP contribution is 2.39. The number of rotatable bonds is 4. The minimum absolute atomic E-state index is 0.487. The van der Waals surface area contributed by atoms with Crippen molar-refractivity contribution < 1.29 is 0 Å². The lowest BCUT2D eigenvalue weighted by atomic mass is 10.2. The highest BCUT2D eigenvalue weighted by atomic mass is 35.5.